The van der Waals surface area contributed by atoms with Crippen molar-refractivity contribution in [3.8, 4) is 0 Å². The first kappa shape index (κ1) is 13.1. The molecular formula is C14H20N2O2S. The number of esters is 1. The zero-order valence-corrected chi connectivity index (χ0v) is 12.3. The van der Waals surface area contributed by atoms with Crippen molar-refractivity contribution in [3.05, 3.63) is 15.6 Å². The number of fused-ring (bicyclic) bond motifs is 1. The third-order valence-corrected chi connectivity index (χ3v) is 5.09. The van der Waals surface area contributed by atoms with Gasteiger partial charge in [-0.1, -0.05) is 0 Å². The SMILES string of the molecule is C[C@@H]1C[C@H](N(C)Cc2nc3c(s2)CCCC3)C(=O)O1. The van der Waals surface area contributed by atoms with Crippen molar-refractivity contribution in [1.29, 1.82) is 0 Å². The summed E-state index contributed by atoms with van der Waals surface area (Å²) < 4.78 is 5.22. The standard InChI is InChI=1S/C14H20N2O2S/c1-9-7-11(14(17)18-9)16(2)8-13-15-10-5-3-4-6-12(10)19-13/h9,11H,3-8H2,1-2H3/t9-,11+/m1/s1. The average Bonchev–Trinajstić information content (AvgIpc) is 2.91. The Hall–Kier alpha value is -0.940. The van der Waals surface area contributed by atoms with E-state index < -0.39 is 0 Å². The second kappa shape index (κ2) is 5.21. The van der Waals surface area contributed by atoms with E-state index in [2.05, 4.69) is 4.90 Å². The van der Waals surface area contributed by atoms with E-state index in [4.69, 9.17) is 9.72 Å². The lowest BCUT2D eigenvalue weighted by Crippen LogP contribution is -2.34. The lowest BCUT2D eigenvalue weighted by molar-refractivity contribution is -0.144. The molecule has 19 heavy (non-hydrogen) atoms. The molecule has 3 rings (SSSR count). The largest absolute Gasteiger partial charge is 0.461 e. The van der Waals surface area contributed by atoms with Crippen LogP contribution in [0.3, 0.4) is 0 Å². The smallest absolute Gasteiger partial charge is 0.323 e. The molecule has 0 aromatic carbocycles. The van der Waals surface area contributed by atoms with Crippen LogP contribution in [0, 0.1) is 0 Å². The van der Waals surface area contributed by atoms with Gasteiger partial charge < -0.3 is 4.74 Å². The number of hydrogen-bond acceptors (Lipinski definition) is 5. The number of aromatic nitrogens is 1. The summed E-state index contributed by atoms with van der Waals surface area (Å²) in [5.41, 5.74) is 1.29. The Balaban J connectivity index is 1.67. The van der Waals surface area contributed by atoms with Gasteiger partial charge in [0.15, 0.2) is 0 Å². The van der Waals surface area contributed by atoms with Crippen molar-refractivity contribution in [1.82, 2.24) is 9.88 Å². The molecule has 0 saturated carbocycles. The van der Waals surface area contributed by atoms with Crippen LogP contribution in [-0.2, 0) is 28.9 Å². The summed E-state index contributed by atoms with van der Waals surface area (Å²) in [4.78, 5) is 20.0. The Morgan fingerprint density at radius 1 is 1.42 bits per heavy atom. The van der Waals surface area contributed by atoms with Crippen LogP contribution in [0.15, 0.2) is 0 Å². The van der Waals surface area contributed by atoms with Crippen LogP contribution in [0.5, 0.6) is 0 Å². The fraction of sp³-hybridized carbons (Fsp3) is 0.714. The minimum absolute atomic E-state index is 0.0458. The summed E-state index contributed by atoms with van der Waals surface area (Å²) >= 11 is 1.82. The van der Waals surface area contributed by atoms with Crippen LogP contribution in [0.4, 0.5) is 0 Å². The van der Waals surface area contributed by atoms with E-state index in [1.165, 1.54) is 29.8 Å². The van der Waals surface area contributed by atoms with E-state index in [1.54, 1.807) is 0 Å². The van der Waals surface area contributed by atoms with Gasteiger partial charge in [-0.15, -0.1) is 11.3 Å². The van der Waals surface area contributed by atoms with Crippen LogP contribution in [0.2, 0.25) is 0 Å². The number of cyclic esters (lactones) is 1. The van der Waals surface area contributed by atoms with E-state index >= 15 is 0 Å². The molecule has 0 radical (unpaired) electrons. The molecule has 4 nitrogen and oxygen atoms in total. The Morgan fingerprint density at radius 2 is 2.21 bits per heavy atom. The molecule has 1 saturated heterocycles. The quantitative estimate of drug-likeness (QED) is 0.796. The lowest BCUT2D eigenvalue weighted by atomic mass is 10.0. The first-order valence-corrected chi connectivity index (χ1v) is 7.83. The summed E-state index contributed by atoms with van der Waals surface area (Å²) in [5.74, 6) is -0.0867. The number of likely N-dealkylation sites (N-methyl/N-ethyl adjacent to an activating group) is 1. The average molecular weight is 280 g/mol. The van der Waals surface area contributed by atoms with E-state index in [-0.39, 0.29) is 18.1 Å². The highest BCUT2D eigenvalue weighted by Crippen LogP contribution is 2.28. The third kappa shape index (κ3) is 2.67. The molecule has 1 fully saturated rings. The summed E-state index contributed by atoms with van der Waals surface area (Å²) in [7, 11) is 1.99. The monoisotopic (exact) mass is 280 g/mol. The summed E-state index contributed by atoms with van der Waals surface area (Å²) in [6, 6.07) is -0.101. The van der Waals surface area contributed by atoms with E-state index in [0.717, 1.165) is 24.4 Å². The first-order valence-electron chi connectivity index (χ1n) is 7.01. The van der Waals surface area contributed by atoms with Gasteiger partial charge >= 0.3 is 5.97 Å². The second-order valence-corrected chi connectivity index (χ2v) is 6.77. The third-order valence-electron chi connectivity index (χ3n) is 3.95. The zero-order chi connectivity index (χ0) is 13.4. The Kier molecular flexibility index (Phi) is 3.58. The molecule has 1 aliphatic carbocycles. The summed E-state index contributed by atoms with van der Waals surface area (Å²) in [6.45, 7) is 2.71. The number of aryl methyl sites for hydroxylation is 2. The van der Waals surface area contributed by atoms with Crippen molar-refractivity contribution >= 4 is 17.3 Å². The maximum atomic E-state index is 11.7. The predicted molar refractivity (Wildman–Crippen MR) is 74.2 cm³/mol. The lowest BCUT2D eigenvalue weighted by Gasteiger charge is -2.19. The Labute approximate surface area is 117 Å². The van der Waals surface area contributed by atoms with Crippen LogP contribution in [0.25, 0.3) is 0 Å². The van der Waals surface area contributed by atoms with Gasteiger partial charge in [0.05, 0.1) is 12.2 Å². The van der Waals surface area contributed by atoms with Gasteiger partial charge in [0.1, 0.15) is 17.2 Å². The molecular weight excluding hydrogens is 260 g/mol. The minimum Gasteiger partial charge on any atom is -0.461 e. The van der Waals surface area contributed by atoms with Gasteiger partial charge in [-0.2, -0.15) is 0 Å². The van der Waals surface area contributed by atoms with Gasteiger partial charge in [-0.25, -0.2) is 4.98 Å². The normalized spacial score (nSPS) is 26.6. The number of thiazole rings is 1. The molecule has 104 valence electrons. The highest BCUT2D eigenvalue weighted by Gasteiger charge is 2.35. The van der Waals surface area contributed by atoms with Crippen molar-refractivity contribution in [2.45, 2.75) is 57.7 Å². The highest BCUT2D eigenvalue weighted by atomic mass is 32.1. The molecule has 0 spiro atoms. The van der Waals surface area contributed by atoms with Crippen LogP contribution in [0.1, 0.15) is 41.8 Å². The molecule has 2 aliphatic rings. The number of nitrogens with zero attached hydrogens (tertiary/aromatic N) is 2. The van der Waals surface area contributed by atoms with Crippen LogP contribution < -0.4 is 0 Å². The maximum absolute atomic E-state index is 11.7. The number of carbonyl (C=O) groups excluding carboxylic acids is 1. The Bertz CT molecular complexity index is 462. The minimum atomic E-state index is -0.101. The van der Waals surface area contributed by atoms with Gasteiger partial charge in [0, 0.05) is 11.3 Å². The van der Waals surface area contributed by atoms with Gasteiger partial charge in [-0.05, 0) is 39.7 Å². The molecule has 1 aliphatic heterocycles. The van der Waals surface area contributed by atoms with Gasteiger partial charge in [-0.3, -0.25) is 9.69 Å². The molecule has 5 heteroatoms. The van der Waals surface area contributed by atoms with Crippen LogP contribution >= 0.6 is 11.3 Å². The van der Waals surface area contributed by atoms with Crippen molar-refractivity contribution < 1.29 is 9.53 Å². The first-order chi connectivity index (χ1) is 9.13. The fourth-order valence-electron chi connectivity index (χ4n) is 2.89. The number of rotatable bonds is 3. The number of ether oxygens (including phenoxy) is 1. The Morgan fingerprint density at radius 3 is 2.89 bits per heavy atom. The topological polar surface area (TPSA) is 42.4 Å². The predicted octanol–water partition coefficient (Wildman–Crippen LogP) is 2.16. The molecule has 1 aromatic heterocycles. The van der Waals surface area contributed by atoms with E-state index in [0.29, 0.717) is 0 Å². The molecule has 2 heterocycles. The fourth-order valence-corrected chi connectivity index (χ4v) is 4.11. The van der Waals surface area contributed by atoms with Crippen molar-refractivity contribution in [2.24, 2.45) is 0 Å². The van der Waals surface area contributed by atoms with Crippen molar-refractivity contribution in [3.63, 3.8) is 0 Å². The highest BCUT2D eigenvalue weighted by molar-refractivity contribution is 7.11. The molecule has 1 aromatic rings. The van der Waals surface area contributed by atoms with Gasteiger partial charge in [0.25, 0.3) is 0 Å². The number of hydrogen-bond donors (Lipinski definition) is 0. The van der Waals surface area contributed by atoms with Crippen molar-refractivity contribution in [2.75, 3.05) is 7.05 Å². The zero-order valence-electron chi connectivity index (χ0n) is 11.5. The molecule has 0 N–H and O–H groups in total. The molecule has 0 unspecified atom stereocenters. The molecule has 0 bridgehead atoms. The molecule has 0 amide bonds. The summed E-state index contributed by atoms with van der Waals surface area (Å²) in [6.07, 6.45) is 5.69. The van der Waals surface area contributed by atoms with Crippen LogP contribution in [-0.4, -0.2) is 35.0 Å². The van der Waals surface area contributed by atoms with E-state index in [1.807, 2.05) is 25.3 Å². The number of carbonyl (C=O) groups is 1. The molecule has 2 atom stereocenters. The maximum Gasteiger partial charge on any atom is 0.323 e. The second-order valence-electron chi connectivity index (χ2n) is 5.60. The van der Waals surface area contributed by atoms with Gasteiger partial charge in [0.2, 0.25) is 0 Å². The van der Waals surface area contributed by atoms with E-state index in [9.17, 15) is 4.79 Å². The summed E-state index contributed by atoms with van der Waals surface area (Å²) in [5, 5.41) is 1.14.